The molecule has 3 unspecified atom stereocenters. The minimum absolute atomic E-state index is 0.00610. The van der Waals surface area contributed by atoms with E-state index in [1.807, 2.05) is 6.92 Å². The molecule has 0 aliphatic carbocycles. The number of aliphatic carboxylic acids is 1. The highest BCUT2D eigenvalue weighted by Gasteiger charge is 2.54. The monoisotopic (exact) mass is 314 g/mol. The summed E-state index contributed by atoms with van der Waals surface area (Å²) >= 11 is 1.61. The highest BCUT2D eigenvalue weighted by Crippen LogP contribution is 2.47. The molecule has 21 heavy (non-hydrogen) atoms. The van der Waals surface area contributed by atoms with Gasteiger partial charge in [-0.05, 0) is 13.3 Å². The van der Waals surface area contributed by atoms with E-state index in [1.165, 1.54) is 4.90 Å². The van der Waals surface area contributed by atoms with Gasteiger partial charge in [0.1, 0.15) is 6.04 Å². The predicted molar refractivity (Wildman–Crippen MR) is 74.7 cm³/mol. The largest absolute Gasteiger partial charge is 0.480 e. The fraction of sp³-hybridized carbons (Fsp3) is 0.769. The van der Waals surface area contributed by atoms with E-state index in [0.29, 0.717) is 18.8 Å². The number of carbonyl (C=O) groups excluding carboxylic acids is 2. The Balaban J connectivity index is 1.81. The molecule has 7 nitrogen and oxygen atoms in total. The fourth-order valence-electron chi connectivity index (χ4n) is 3.27. The van der Waals surface area contributed by atoms with Crippen molar-refractivity contribution in [1.82, 2.24) is 9.80 Å². The third-order valence-corrected chi connectivity index (χ3v) is 5.93. The van der Waals surface area contributed by atoms with Gasteiger partial charge in [0.25, 0.3) is 0 Å². The lowest BCUT2D eigenvalue weighted by Gasteiger charge is -2.37. The first-order chi connectivity index (χ1) is 9.94. The van der Waals surface area contributed by atoms with Crippen molar-refractivity contribution in [2.45, 2.75) is 36.7 Å². The van der Waals surface area contributed by atoms with Crippen LogP contribution < -0.4 is 0 Å². The van der Waals surface area contributed by atoms with Crippen LogP contribution in [-0.4, -0.2) is 75.2 Å². The number of carbonyl (C=O) groups is 3. The molecule has 116 valence electrons. The zero-order valence-corrected chi connectivity index (χ0v) is 12.6. The van der Waals surface area contributed by atoms with Gasteiger partial charge in [-0.25, -0.2) is 4.79 Å². The number of nitrogens with zero attached hydrogens (tertiary/aromatic N) is 2. The Morgan fingerprint density at radius 3 is 2.90 bits per heavy atom. The van der Waals surface area contributed by atoms with Gasteiger partial charge in [-0.1, -0.05) is 0 Å². The van der Waals surface area contributed by atoms with Crippen LogP contribution in [0.15, 0.2) is 0 Å². The van der Waals surface area contributed by atoms with E-state index in [1.54, 1.807) is 16.7 Å². The quantitative estimate of drug-likeness (QED) is 0.756. The predicted octanol–water partition coefficient (Wildman–Crippen LogP) is -0.248. The second kappa shape index (κ2) is 5.17. The lowest BCUT2D eigenvalue weighted by Crippen LogP contribution is -2.59. The molecular weight excluding hydrogens is 296 g/mol. The molecule has 8 heteroatoms. The minimum atomic E-state index is -1.07. The fourth-order valence-corrected chi connectivity index (χ4v) is 4.69. The number of hydrogen-bond donors (Lipinski definition) is 1. The number of carboxylic acid groups (broad SMARTS) is 1. The number of hydrogen-bond acceptors (Lipinski definition) is 5. The molecule has 3 aliphatic rings. The molecule has 3 rings (SSSR count). The minimum Gasteiger partial charge on any atom is -0.480 e. The topological polar surface area (TPSA) is 87.2 Å². The van der Waals surface area contributed by atoms with Crippen molar-refractivity contribution in [2.24, 2.45) is 0 Å². The van der Waals surface area contributed by atoms with E-state index in [4.69, 9.17) is 4.74 Å². The summed E-state index contributed by atoms with van der Waals surface area (Å²) in [7, 11) is 0. The molecule has 0 aromatic rings. The van der Waals surface area contributed by atoms with Crippen LogP contribution in [-0.2, 0) is 19.1 Å². The average molecular weight is 314 g/mol. The van der Waals surface area contributed by atoms with Crippen LogP contribution in [0.25, 0.3) is 0 Å². The van der Waals surface area contributed by atoms with Crippen molar-refractivity contribution in [1.29, 1.82) is 0 Å². The molecule has 0 aromatic heterocycles. The Morgan fingerprint density at radius 1 is 1.43 bits per heavy atom. The van der Waals surface area contributed by atoms with Crippen LogP contribution in [0.5, 0.6) is 0 Å². The van der Waals surface area contributed by atoms with Gasteiger partial charge in [0, 0.05) is 18.7 Å². The number of ether oxygens (including phenoxy) is 1. The van der Waals surface area contributed by atoms with Crippen LogP contribution in [0, 0.1) is 0 Å². The molecule has 3 heterocycles. The molecule has 3 fully saturated rings. The summed E-state index contributed by atoms with van der Waals surface area (Å²) in [6.07, 6.45) is 1.20. The summed E-state index contributed by atoms with van der Waals surface area (Å²) in [5.41, 5.74) is 0. The number of amides is 2. The number of morpholine rings is 1. The molecule has 0 radical (unpaired) electrons. The highest BCUT2D eigenvalue weighted by atomic mass is 32.2. The van der Waals surface area contributed by atoms with Gasteiger partial charge in [-0.15, -0.1) is 11.8 Å². The number of carboxylic acids is 1. The molecule has 3 aliphatic heterocycles. The molecule has 0 aromatic carbocycles. The van der Waals surface area contributed by atoms with Gasteiger partial charge < -0.3 is 19.6 Å². The second-order valence-corrected chi connectivity index (χ2v) is 7.23. The van der Waals surface area contributed by atoms with Gasteiger partial charge in [0.2, 0.25) is 11.8 Å². The molecule has 0 spiro atoms. The van der Waals surface area contributed by atoms with Gasteiger partial charge in [0.15, 0.2) is 6.04 Å². The van der Waals surface area contributed by atoms with E-state index >= 15 is 0 Å². The normalized spacial score (nSPS) is 36.0. The van der Waals surface area contributed by atoms with Gasteiger partial charge in [-0.2, -0.15) is 0 Å². The Labute approximate surface area is 126 Å². The lowest BCUT2D eigenvalue weighted by molar-refractivity contribution is -0.161. The molecule has 0 saturated carbocycles. The van der Waals surface area contributed by atoms with Crippen molar-refractivity contribution in [3.63, 3.8) is 0 Å². The zero-order valence-electron chi connectivity index (χ0n) is 11.8. The van der Waals surface area contributed by atoms with Crippen LogP contribution in [0.2, 0.25) is 0 Å². The van der Waals surface area contributed by atoms with Crippen molar-refractivity contribution in [3.8, 4) is 0 Å². The average Bonchev–Trinajstić information content (AvgIpc) is 2.95. The van der Waals surface area contributed by atoms with E-state index in [9.17, 15) is 19.5 Å². The van der Waals surface area contributed by atoms with Crippen LogP contribution in [0.1, 0.15) is 19.8 Å². The summed E-state index contributed by atoms with van der Waals surface area (Å²) in [5, 5.41) is 9.23. The summed E-state index contributed by atoms with van der Waals surface area (Å²) in [6.45, 7) is 2.58. The maximum absolute atomic E-state index is 12.7. The van der Waals surface area contributed by atoms with E-state index in [0.717, 1.165) is 6.42 Å². The van der Waals surface area contributed by atoms with E-state index < -0.39 is 18.1 Å². The number of rotatable bonds is 2. The van der Waals surface area contributed by atoms with Gasteiger partial charge >= 0.3 is 5.97 Å². The maximum atomic E-state index is 12.7. The van der Waals surface area contributed by atoms with Crippen molar-refractivity contribution >= 4 is 29.5 Å². The van der Waals surface area contributed by atoms with Crippen molar-refractivity contribution < 1.29 is 24.2 Å². The Bertz CT molecular complexity index is 499. The number of thioether (sulfide) groups is 1. The molecule has 3 saturated heterocycles. The summed E-state index contributed by atoms with van der Waals surface area (Å²) < 4.78 is 5.15. The van der Waals surface area contributed by atoms with E-state index in [-0.39, 0.29) is 29.8 Å². The molecule has 2 amide bonds. The first-order valence-electron chi connectivity index (χ1n) is 7.01. The summed E-state index contributed by atoms with van der Waals surface area (Å²) in [4.78, 5) is 38.8. The smallest absolute Gasteiger partial charge is 0.328 e. The SMILES string of the molecule is CC12CCC(=O)N1C(C(=O)N1CCOCC1C(=O)O)CS2. The van der Waals surface area contributed by atoms with Crippen LogP contribution in [0.3, 0.4) is 0 Å². The molecular formula is C13H18N2O5S. The molecule has 3 atom stereocenters. The van der Waals surface area contributed by atoms with Gasteiger partial charge in [-0.3, -0.25) is 9.59 Å². The Hall–Kier alpha value is -1.28. The second-order valence-electron chi connectivity index (χ2n) is 5.73. The Kier molecular flexibility index (Phi) is 3.61. The first kappa shape index (κ1) is 14.6. The Morgan fingerprint density at radius 2 is 2.19 bits per heavy atom. The van der Waals surface area contributed by atoms with Crippen molar-refractivity contribution in [2.75, 3.05) is 25.5 Å². The highest BCUT2D eigenvalue weighted by molar-refractivity contribution is 8.01. The first-order valence-corrected chi connectivity index (χ1v) is 8.00. The zero-order chi connectivity index (χ0) is 15.2. The van der Waals surface area contributed by atoms with Crippen molar-refractivity contribution in [3.05, 3.63) is 0 Å². The van der Waals surface area contributed by atoms with Crippen LogP contribution in [0.4, 0.5) is 0 Å². The third-order valence-electron chi connectivity index (χ3n) is 4.43. The van der Waals surface area contributed by atoms with Gasteiger partial charge in [0.05, 0.1) is 18.1 Å². The molecule has 0 bridgehead atoms. The third kappa shape index (κ3) is 2.30. The van der Waals surface area contributed by atoms with E-state index in [2.05, 4.69) is 0 Å². The number of fused-ring (bicyclic) bond motifs is 1. The molecule has 1 N–H and O–H groups in total. The lowest BCUT2D eigenvalue weighted by atomic mass is 10.1. The summed E-state index contributed by atoms with van der Waals surface area (Å²) in [5.74, 6) is -0.813. The standard InChI is InChI=1S/C13H18N2O5S/c1-13-3-2-10(16)15(13)9(7-21-13)11(17)14-4-5-20-6-8(14)12(18)19/h8-9H,2-7H2,1H3,(H,18,19). The summed E-state index contributed by atoms with van der Waals surface area (Å²) in [6, 6.07) is -1.50. The maximum Gasteiger partial charge on any atom is 0.328 e. The van der Waals surface area contributed by atoms with Crippen LogP contribution >= 0.6 is 11.8 Å².